The van der Waals surface area contributed by atoms with Crippen molar-refractivity contribution in [3.05, 3.63) is 46.0 Å². The molecule has 0 aliphatic heterocycles. The fourth-order valence-electron chi connectivity index (χ4n) is 3.21. The number of aromatic nitrogens is 1. The Morgan fingerprint density at radius 2 is 2.00 bits per heavy atom. The van der Waals surface area contributed by atoms with Crippen LogP contribution in [0.15, 0.2) is 34.7 Å². The van der Waals surface area contributed by atoms with Gasteiger partial charge in [0, 0.05) is 19.0 Å². The average molecular weight is 443 g/mol. The molecule has 3 rings (SSSR count). The highest BCUT2D eigenvalue weighted by Gasteiger charge is 2.34. The number of amides is 1. The molecule has 0 fully saturated rings. The first-order valence-corrected chi connectivity index (χ1v) is 9.94. The van der Waals surface area contributed by atoms with E-state index in [1.54, 1.807) is 30.3 Å². The van der Waals surface area contributed by atoms with E-state index in [2.05, 4.69) is 4.98 Å². The van der Waals surface area contributed by atoms with Crippen molar-refractivity contribution in [1.29, 1.82) is 0 Å². The molecule has 3 aromatic rings. The summed E-state index contributed by atoms with van der Waals surface area (Å²) in [6.07, 6.45) is -1.32. The Morgan fingerprint density at radius 3 is 2.59 bits per heavy atom. The standard InChI is InChI=1S/C22H25N3O7/c1-6-30-12-31-14-7-8-17-13(9-14)10-18(32-17)16-11-15(22(2,3)4)19(24(5)21(26)27)20(23-16)25(28)29/h7-11H,6,12H2,1-5H3,(H,26,27). The lowest BCUT2D eigenvalue weighted by Gasteiger charge is -2.25. The van der Waals surface area contributed by atoms with Gasteiger partial charge in [-0.1, -0.05) is 20.8 Å². The van der Waals surface area contributed by atoms with E-state index in [0.29, 0.717) is 29.3 Å². The molecule has 0 radical (unpaired) electrons. The van der Waals surface area contributed by atoms with E-state index in [-0.39, 0.29) is 18.2 Å². The van der Waals surface area contributed by atoms with Gasteiger partial charge in [-0.05, 0) is 58.1 Å². The van der Waals surface area contributed by atoms with Crippen LogP contribution in [0.1, 0.15) is 33.3 Å². The van der Waals surface area contributed by atoms with Gasteiger partial charge in [-0.3, -0.25) is 4.90 Å². The zero-order valence-electron chi connectivity index (χ0n) is 18.5. The molecule has 1 N–H and O–H groups in total. The Bertz CT molecular complexity index is 1160. The third-order valence-electron chi connectivity index (χ3n) is 4.83. The molecular weight excluding hydrogens is 418 g/mol. The van der Waals surface area contributed by atoms with Gasteiger partial charge in [0.15, 0.2) is 12.6 Å². The summed E-state index contributed by atoms with van der Waals surface area (Å²) in [5, 5.41) is 22.0. The second-order valence-corrected chi connectivity index (χ2v) is 8.14. The van der Waals surface area contributed by atoms with Crippen LogP contribution in [-0.2, 0) is 10.2 Å². The van der Waals surface area contributed by atoms with Crippen molar-refractivity contribution in [1.82, 2.24) is 4.98 Å². The van der Waals surface area contributed by atoms with Crippen LogP contribution in [-0.4, -0.2) is 41.6 Å². The number of ether oxygens (including phenoxy) is 2. The van der Waals surface area contributed by atoms with Crippen LogP contribution < -0.4 is 9.64 Å². The summed E-state index contributed by atoms with van der Waals surface area (Å²) in [5.41, 5.74) is 0.574. The van der Waals surface area contributed by atoms with Crippen LogP contribution in [0.5, 0.6) is 5.75 Å². The number of nitrogens with zero attached hydrogens (tertiary/aromatic N) is 3. The van der Waals surface area contributed by atoms with E-state index in [1.807, 2.05) is 27.7 Å². The lowest BCUT2D eigenvalue weighted by Crippen LogP contribution is -2.29. The number of furan rings is 1. The Kier molecular flexibility index (Phi) is 6.35. The van der Waals surface area contributed by atoms with Crippen molar-refractivity contribution in [2.75, 3.05) is 25.3 Å². The van der Waals surface area contributed by atoms with Gasteiger partial charge in [-0.25, -0.2) is 4.79 Å². The van der Waals surface area contributed by atoms with Crippen LogP contribution in [0.25, 0.3) is 22.4 Å². The van der Waals surface area contributed by atoms with Crippen molar-refractivity contribution in [2.45, 2.75) is 33.1 Å². The Morgan fingerprint density at radius 1 is 1.28 bits per heavy atom. The zero-order valence-corrected chi connectivity index (χ0v) is 18.5. The quantitative estimate of drug-likeness (QED) is 0.229. The molecule has 0 aliphatic carbocycles. The maximum Gasteiger partial charge on any atom is 0.411 e. The number of nitro groups is 1. The first-order valence-electron chi connectivity index (χ1n) is 9.94. The lowest BCUT2D eigenvalue weighted by molar-refractivity contribution is -0.388. The fraction of sp³-hybridized carbons (Fsp3) is 0.364. The van der Waals surface area contributed by atoms with Gasteiger partial charge in [0.25, 0.3) is 0 Å². The Hall–Kier alpha value is -3.66. The van der Waals surface area contributed by atoms with Gasteiger partial charge in [-0.2, -0.15) is 0 Å². The molecule has 0 unspecified atom stereocenters. The Labute approximate surface area is 184 Å². The molecular formula is C22H25N3O7. The second-order valence-electron chi connectivity index (χ2n) is 8.14. The SMILES string of the molecule is CCOCOc1ccc2oc(-c3cc(C(C)(C)C)c(N(C)C(=O)O)c([N+](=O)[O-])n3)cc2c1. The van der Waals surface area contributed by atoms with Crippen LogP contribution in [0.2, 0.25) is 0 Å². The predicted octanol–water partition coefficient (Wildman–Crippen LogP) is 5.19. The average Bonchev–Trinajstić information content (AvgIpc) is 3.15. The maximum absolute atomic E-state index is 11.8. The van der Waals surface area contributed by atoms with Gasteiger partial charge in [0.1, 0.15) is 17.0 Å². The van der Waals surface area contributed by atoms with Crippen LogP contribution >= 0.6 is 0 Å². The van der Waals surface area contributed by atoms with Gasteiger partial charge < -0.3 is 29.1 Å². The first kappa shape index (κ1) is 23.0. The smallest absolute Gasteiger partial charge is 0.411 e. The van der Waals surface area contributed by atoms with Crippen molar-refractivity contribution < 1.29 is 28.7 Å². The largest absolute Gasteiger partial charge is 0.468 e. The van der Waals surface area contributed by atoms with Crippen molar-refractivity contribution >= 4 is 28.6 Å². The number of pyridine rings is 1. The highest BCUT2D eigenvalue weighted by molar-refractivity contribution is 5.91. The molecule has 0 aliphatic rings. The highest BCUT2D eigenvalue weighted by atomic mass is 16.7. The minimum atomic E-state index is -1.32. The molecule has 10 nitrogen and oxygen atoms in total. The monoisotopic (exact) mass is 443 g/mol. The third kappa shape index (κ3) is 4.65. The summed E-state index contributed by atoms with van der Waals surface area (Å²) in [4.78, 5) is 27.7. The number of anilines is 1. The molecule has 0 bridgehead atoms. The van der Waals surface area contributed by atoms with Crippen LogP contribution in [0.4, 0.5) is 16.3 Å². The summed E-state index contributed by atoms with van der Waals surface area (Å²) in [7, 11) is 1.26. The molecule has 0 spiro atoms. The summed E-state index contributed by atoms with van der Waals surface area (Å²) in [6, 6.07) is 8.57. The van der Waals surface area contributed by atoms with Gasteiger partial charge >= 0.3 is 11.9 Å². The van der Waals surface area contributed by atoms with E-state index < -0.39 is 22.2 Å². The molecule has 2 aromatic heterocycles. The van der Waals surface area contributed by atoms with Gasteiger partial charge in [0.05, 0.1) is 0 Å². The van der Waals surface area contributed by atoms with Gasteiger partial charge in [0.2, 0.25) is 5.69 Å². The number of hydrogen-bond acceptors (Lipinski definition) is 7. The summed E-state index contributed by atoms with van der Waals surface area (Å²) >= 11 is 0. The van der Waals surface area contributed by atoms with E-state index in [1.165, 1.54) is 7.05 Å². The topological polar surface area (TPSA) is 128 Å². The van der Waals surface area contributed by atoms with E-state index in [0.717, 1.165) is 10.3 Å². The predicted molar refractivity (Wildman–Crippen MR) is 118 cm³/mol. The van der Waals surface area contributed by atoms with E-state index in [9.17, 15) is 20.0 Å². The van der Waals surface area contributed by atoms with Crippen molar-refractivity contribution in [3.8, 4) is 17.2 Å². The Balaban J connectivity index is 2.15. The molecule has 1 amide bonds. The maximum atomic E-state index is 11.8. The van der Waals surface area contributed by atoms with E-state index in [4.69, 9.17) is 13.9 Å². The molecule has 32 heavy (non-hydrogen) atoms. The number of hydrogen-bond donors (Lipinski definition) is 1. The number of carbonyl (C=O) groups is 1. The van der Waals surface area contributed by atoms with Crippen LogP contribution in [0, 0.1) is 10.1 Å². The number of rotatable bonds is 7. The highest BCUT2D eigenvalue weighted by Crippen LogP contribution is 2.41. The summed E-state index contributed by atoms with van der Waals surface area (Å²) in [6.45, 7) is 8.05. The normalized spacial score (nSPS) is 11.5. The van der Waals surface area contributed by atoms with E-state index >= 15 is 0 Å². The minimum Gasteiger partial charge on any atom is -0.468 e. The summed E-state index contributed by atoms with van der Waals surface area (Å²) in [5.74, 6) is 0.352. The fourth-order valence-corrected chi connectivity index (χ4v) is 3.21. The molecule has 170 valence electrons. The van der Waals surface area contributed by atoms with Crippen molar-refractivity contribution in [3.63, 3.8) is 0 Å². The van der Waals surface area contributed by atoms with Crippen LogP contribution in [0.3, 0.4) is 0 Å². The zero-order chi connectivity index (χ0) is 23.6. The molecule has 2 heterocycles. The minimum absolute atomic E-state index is 0.0681. The summed E-state index contributed by atoms with van der Waals surface area (Å²) < 4.78 is 16.6. The molecule has 0 saturated heterocycles. The number of fused-ring (bicyclic) bond motifs is 1. The third-order valence-corrected chi connectivity index (χ3v) is 4.83. The lowest BCUT2D eigenvalue weighted by atomic mass is 9.85. The second kappa shape index (κ2) is 8.83. The molecule has 0 saturated carbocycles. The molecule has 0 atom stereocenters. The van der Waals surface area contributed by atoms with Crippen molar-refractivity contribution in [2.24, 2.45) is 0 Å². The molecule has 1 aromatic carbocycles. The van der Waals surface area contributed by atoms with Gasteiger partial charge in [-0.15, -0.1) is 0 Å². The number of carboxylic acid groups (broad SMARTS) is 1. The first-order chi connectivity index (χ1) is 15.0. The molecule has 10 heteroatoms. The number of benzene rings is 1.